The van der Waals surface area contributed by atoms with Crippen LogP contribution in [0.3, 0.4) is 0 Å². The summed E-state index contributed by atoms with van der Waals surface area (Å²) in [5, 5.41) is 0. The van der Waals surface area contributed by atoms with Crippen molar-refractivity contribution in [2.75, 3.05) is 6.61 Å². The van der Waals surface area contributed by atoms with Crippen LogP contribution in [0.2, 0.25) is 0 Å². The van der Waals surface area contributed by atoms with Crippen molar-refractivity contribution < 1.29 is 9.53 Å². The average Bonchev–Trinajstić information content (AvgIpc) is 2.25. The monoisotopic (exact) mass is 206 g/mol. The van der Waals surface area contributed by atoms with Crippen LogP contribution in [0.25, 0.3) is 0 Å². The van der Waals surface area contributed by atoms with Crippen molar-refractivity contribution in [3.63, 3.8) is 0 Å². The molecule has 15 heavy (non-hydrogen) atoms. The fourth-order valence-corrected chi connectivity index (χ4v) is 1.26. The van der Waals surface area contributed by atoms with Crippen molar-refractivity contribution in [2.45, 2.75) is 26.7 Å². The van der Waals surface area contributed by atoms with Crippen LogP contribution >= 0.6 is 0 Å². The molecule has 0 atom stereocenters. The lowest BCUT2D eigenvalue weighted by molar-refractivity contribution is -0.147. The highest BCUT2D eigenvalue weighted by molar-refractivity contribution is 5.71. The lowest BCUT2D eigenvalue weighted by Gasteiger charge is -2.06. The molecule has 0 amide bonds. The molecule has 0 saturated carbocycles. The van der Waals surface area contributed by atoms with E-state index in [1.165, 1.54) is 5.56 Å². The van der Waals surface area contributed by atoms with Crippen LogP contribution < -0.4 is 0 Å². The highest BCUT2D eigenvalue weighted by Gasteiger charge is 2.06. The third kappa shape index (κ3) is 4.63. The summed E-state index contributed by atoms with van der Waals surface area (Å²) >= 11 is 0. The molecular weight excluding hydrogens is 188 g/mol. The van der Waals surface area contributed by atoms with Crippen LogP contribution in [0.5, 0.6) is 0 Å². The molecule has 0 saturated heterocycles. The van der Waals surface area contributed by atoms with Crippen molar-refractivity contribution in [3.05, 3.63) is 35.9 Å². The minimum absolute atomic E-state index is 0.0262. The largest absolute Gasteiger partial charge is 0.465 e. The molecule has 0 radical (unpaired) electrons. The van der Waals surface area contributed by atoms with E-state index in [4.69, 9.17) is 4.74 Å². The standard InChI is InChI=1S/C13H18O2/c1-11(2)13(14)15-10-6-9-12-7-4-3-5-8-12/h3-5,7-8,11H,6,9-10H2,1-2H3. The zero-order valence-electron chi connectivity index (χ0n) is 9.40. The van der Waals surface area contributed by atoms with E-state index in [1.807, 2.05) is 32.0 Å². The topological polar surface area (TPSA) is 26.3 Å². The maximum absolute atomic E-state index is 11.1. The second-order valence-electron chi connectivity index (χ2n) is 3.91. The maximum Gasteiger partial charge on any atom is 0.308 e. The predicted octanol–water partition coefficient (Wildman–Crippen LogP) is 2.82. The summed E-state index contributed by atoms with van der Waals surface area (Å²) in [5.41, 5.74) is 1.29. The number of esters is 1. The van der Waals surface area contributed by atoms with E-state index >= 15 is 0 Å². The Bertz CT molecular complexity index is 291. The van der Waals surface area contributed by atoms with Gasteiger partial charge in [0.25, 0.3) is 0 Å². The summed E-state index contributed by atoms with van der Waals surface area (Å²) in [5.74, 6) is -0.134. The van der Waals surface area contributed by atoms with Gasteiger partial charge in [-0.3, -0.25) is 4.79 Å². The Morgan fingerprint density at radius 3 is 2.53 bits per heavy atom. The van der Waals surface area contributed by atoms with Crippen LogP contribution in [-0.4, -0.2) is 12.6 Å². The fourth-order valence-electron chi connectivity index (χ4n) is 1.26. The fraction of sp³-hybridized carbons (Fsp3) is 0.462. The van der Waals surface area contributed by atoms with Crippen molar-refractivity contribution in [3.8, 4) is 0 Å². The molecular formula is C13H18O2. The molecule has 0 aliphatic heterocycles. The number of aryl methyl sites for hydroxylation is 1. The molecule has 1 rings (SSSR count). The van der Waals surface area contributed by atoms with Gasteiger partial charge in [0.2, 0.25) is 0 Å². The molecule has 0 aliphatic carbocycles. The number of hydrogen-bond donors (Lipinski definition) is 0. The summed E-state index contributed by atoms with van der Waals surface area (Å²) < 4.78 is 5.09. The van der Waals surface area contributed by atoms with Gasteiger partial charge in [0.05, 0.1) is 12.5 Å². The van der Waals surface area contributed by atoms with Crippen LogP contribution in [0.15, 0.2) is 30.3 Å². The Morgan fingerprint density at radius 1 is 1.27 bits per heavy atom. The first-order valence-corrected chi connectivity index (χ1v) is 5.40. The number of rotatable bonds is 5. The summed E-state index contributed by atoms with van der Waals surface area (Å²) in [7, 11) is 0. The maximum atomic E-state index is 11.1. The van der Waals surface area contributed by atoms with Crippen LogP contribution in [0.1, 0.15) is 25.8 Å². The zero-order valence-corrected chi connectivity index (χ0v) is 9.40. The van der Waals surface area contributed by atoms with Crippen molar-refractivity contribution >= 4 is 5.97 Å². The number of carbonyl (C=O) groups is 1. The molecule has 0 aliphatic rings. The van der Waals surface area contributed by atoms with Gasteiger partial charge < -0.3 is 4.74 Å². The average molecular weight is 206 g/mol. The van der Waals surface area contributed by atoms with E-state index in [0.717, 1.165) is 12.8 Å². The minimum Gasteiger partial charge on any atom is -0.465 e. The molecule has 2 nitrogen and oxygen atoms in total. The molecule has 82 valence electrons. The van der Waals surface area contributed by atoms with Gasteiger partial charge in [0, 0.05) is 0 Å². The van der Waals surface area contributed by atoms with Crippen LogP contribution in [-0.2, 0) is 16.0 Å². The molecule has 0 spiro atoms. The Morgan fingerprint density at radius 2 is 1.93 bits per heavy atom. The summed E-state index contributed by atoms with van der Waals surface area (Å²) in [6.45, 7) is 4.21. The summed E-state index contributed by atoms with van der Waals surface area (Å²) in [6.07, 6.45) is 1.86. The first kappa shape index (κ1) is 11.8. The van der Waals surface area contributed by atoms with Crippen LogP contribution in [0, 0.1) is 5.92 Å². The first-order chi connectivity index (χ1) is 7.20. The van der Waals surface area contributed by atoms with Crippen LogP contribution in [0.4, 0.5) is 0 Å². The van der Waals surface area contributed by atoms with Gasteiger partial charge >= 0.3 is 5.97 Å². The number of benzene rings is 1. The number of ether oxygens (including phenoxy) is 1. The third-order valence-corrected chi connectivity index (χ3v) is 2.17. The number of hydrogen-bond acceptors (Lipinski definition) is 2. The lowest BCUT2D eigenvalue weighted by atomic mass is 10.1. The van der Waals surface area contributed by atoms with Gasteiger partial charge in [-0.05, 0) is 18.4 Å². The normalized spacial score (nSPS) is 10.3. The van der Waals surface area contributed by atoms with E-state index < -0.39 is 0 Å². The van der Waals surface area contributed by atoms with Gasteiger partial charge in [0.15, 0.2) is 0 Å². The Labute approximate surface area is 91.3 Å². The molecule has 2 heteroatoms. The molecule has 0 heterocycles. The molecule has 1 aromatic carbocycles. The van der Waals surface area contributed by atoms with E-state index in [0.29, 0.717) is 6.61 Å². The number of carbonyl (C=O) groups excluding carboxylic acids is 1. The van der Waals surface area contributed by atoms with E-state index in [2.05, 4.69) is 12.1 Å². The van der Waals surface area contributed by atoms with Crippen molar-refractivity contribution in [2.24, 2.45) is 5.92 Å². The van der Waals surface area contributed by atoms with Crippen molar-refractivity contribution in [1.29, 1.82) is 0 Å². The summed E-state index contributed by atoms with van der Waals surface area (Å²) in [4.78, 5) is 11.1. The Balaban J connectivity index is 2.15. The Hall–Kier alpha value is -1.31. The minimum atomic E-state index is -0.108. The summed E-state index contributed by atoms with van der Waals surface area (Å²) in [6, 6.07) is 10.2. The van der Waals surface area contributed by atoms with E-state index in [-0.39, 0.29) is 11.9 Å². The van der Waals surface area contributed by atoms with Gasteiger partial charge in [-0.2, -0.15) is 0 Å². The molecule has 0 aromatic heterocycles. The SMILES string of the molecule is CC(C)C(=O)OCCCc1ccccc1. The predicted molar refractivity (Wildman–Crippen MR) is 60.6 cm³/mol. The van der Waals surface area contributed by atoms with Gasteiger partial charge in [-0.1, -0.05) is 44.2 Å². The lowest BCUT2D eigenvalue weighted by Crippen LogP contribution is -2.12. The van der Waals surface area contributed by atoms with Gasteiger partial charge in [-0.15, -0.1) is 0 Å². The second-order valence-corrected chi connectivity index (χ2v) is 3.91. The highest BCUT2D eigenvalue weighted by atomic mass is 16.5. The Kier molecular flexibility index (Phi) is 4.88. The molecule has 0 unspecified atom stereocenters. The third-order valence-electron chi connectivity index (χ3n) is 2.17. The van der Waals surface area contributed by atoms with Gasteiger partial charge in [0.1, 0.15) is 0 Å². The molecule has 0 N–H and O–H groups in total. The van der Waals surface area contributed by atoms with E-state index in [1.54, 1.807) is 0 Å². The van der Waals surface area contributed by atoms with E-state index in [9.17, 15) is 4.79 Å². The van der Waals surface area contributed by atoms with Crippen molar-refractivity contribution in [1.82, 2.24) is 0 Å². The zero-order chi connectivity index (χ0) is 11.1. The second kappa shape index (κ2) is 6.23. The molecule has 0 fully saturated rings. The molecule has 0 bridgehead atoms. The molecule has 1 aromatic rings. The quantitative estimate of drug-likeness (QED) is 0.547. The van der Waals surface area contributed by atoms with Gasteiger partial charge in [-0.25, -0.2) is 0 Å². The first-order valence-electron chi connectivity index (χ1n) is 5.40. The smallest absolute Gasteiger partial charge is 0.308 e. The highest BCUT2D eigenvalue weighted by Crippen LogP contribution is 2.03.